The maximum absolute atomic E-state index is 9.46. The lowest BCUT2D eigenvalue weighted by Crippen LogP contribution is -2.11. The molecule has 2 N–H and O–H groups in total. The molecular weight excluding hydrogens is 164 g/mol. The normalized spacial score (nSPS) is 15.7. The standard InChI is InChI=1S/C11H23O2/c1-3-4-5-6-7-11(13)9-8-10(2)12/h8,10-13H,3-7,9H2,1-2H3. The van der Waals surface area contributed by atoms with E-state index in [0.29, 0.717) is 6.42 Å². The second-order valence-corrected chi connectivity index (χ2v) is 3.72. The number of hydrogen-bond donors (Lipinski definition) is 2. The average molecular weight is 187 g/mol. The third-order valence-corrected chi connectivity index (χ3v) is 2.14. The highest BCUT2D eigenvalue weighted by Gasteiger charge is 2.05. The molecule has 0 fully saturated rings. The van der Waals surface area contributed by atoms with Gasteiger partial charge in [-0.1, -0.05) is 32.6 Å². The molecule has 0 rings (SSSR count). The minimum atomic E-state index is -0.398. The van der Waals surface area contributed by atoms with Crippen LogP contribution < -0.4 is 0 Å². The van der Waals surface area contributed by atoms with E-state index < -0.39 is 6.10 Å². The van der Waals surface area contributed by atoms with Crippen LogP contribution in [-0.2, 0) is 0 Å². The summed E-state index contributed by atoms with van der Waals surface area (Å²) in [6.07, 6.45) is 7.38. The molecule has 0 saturated heterocycles. The Morgan fingerprint density at radius 3 is 2.38 bits per heavy atom. The Bertz CT molecular complexity index is 102. The molecule has 0 aliphatic rings. The van der Waals surface area contributed by atoms with E-state index in [1.807, 2.05) is 0 Å². The lowest BCUT2D eigenvalue weighted by Gasteiger charge is -2.10. The summed E-state index contributed by atoms with van der Waals surface area (Å²) in [5.74, 6) is 0. The molecule has 2 atom stereocenters. The fraction of sp³-hybridized carbons (Fsp3) is 0.909. The number of hydrogen-bond acceptors (Lipinski definition) is 2. The van der Waals surface area contributed by atoms with E-state index in [-0.39, 0.29) is 6.10 Å². The first-order valence-corrected chi connectivity index (χ1v) is 5.36. The summed E-state index contributed by atoms with van der Waals surface area (Å²) in [5.41, 5.74) is 0. The molecular formula is C11H23O2. The molecule has 0 aliphatic heterocycles. The van der Waals surface area contributed by atoms with Gasteiger partial charge in [-0.15, -0.1) is 0 Å². The summed E-state index contributed by atoms with van der Waals surface area (Å²) in [6, 6.07) is 0. The van der Waals surface area contributed by atoms with E-state index in [2.05, 4.69) is 6.92 Å². The van der Waals surface area contributed by atoms with Gasteiger partial charge in [-0.3, -0.25) is 0 Å². The maximum atomic E-state index is 9.46. The average Bonchev–Trinajstić information content (AvgIpc) is 2.09. The summed E-state index contributed by atoms with van der Waals surface area (Å²) < 4.78 is 0. The highest BCUT2D eigenvalue weighted by atomic mass is 16.3. The fourth-order valence-corrected chi connectivity index (χ4v) is 1.28. The number of unbranched alkanes of at least 4 members (excludes halogenated alkanes) is 3. The highest BCUT2D eigenvalue weighted by Crippen LogP contribution is 2.09. The van der Waals surface area contributed by atoms with Crippen LogP contribution in [0.25, 0.3) is 0 Å². The molecule has 0 saturated carbocycles. The van der Waals surface area contributed by atoms with Crippen molar-refractivity contribution >= 4 is 0 Å². The maximum Gasteiger partial charge on any atom is 0.0544 e. The lowest BCUT2D eigenvalue weighted by molar-refractivity contribution is 0.143. The second kappa shape index (κ2) is 8.52. The van der Waals surface area contributed by atoms with Crippen LogP contribution in [0.1, 0.15) is 52.4 Å². The summed E-state index contributed by atoms with van der Waals surface area (Å²) in [6.45, 7) is 3.89. The van der Waals surface area contributed by atoms with Crippen molar-refractivity contribution in [2.45, 2.75) is 64.6 Å². The Labute approximate surface area is 82.0 Å². The van der Waals surface area contributed by atoms with Crippen molar-refractivity contribution in [2.75, 3.05) is 0 Å². The van der Waals surface area contributed by atoms with Gasteiger partial charge in [-0.05, 0) is 26.2 Å². The Kier molecular flexibility index (Phi) is 8.46. The monoisotopic (exact) mass is 187 g/mol. The minimum absolute atomic E-state index is 0.258. The summed E-state index contributed by atoms with van der Waals surface area (Å²) in [4.78, 5) is 0. The van der Waals surface area contributed by atoms with Crippen LogP contribution in [0.4, 0.5) is 0 Å². The van der Waals surface area contributed by atoms with Crippen LogP contribution >= 0.6 is 0 Å². The van der Waals surface area contributed by atoms with Crippen molar-refractivity contribution in [3.8, 4) is 0 Å². The zero-order valence-corrected chi connectivity index (χ0v) is 8.87. The van der Waals surface area contributed by atoms with E-state index in [1.165, 1.54) is 19.3 Å². The quantitative estimate of drug-likeness (QED) is 0.572. The van der Waals surface area contributed by atoms with Gasteiger partial charge in [0.2, 0.25) is 0 Å². The van der Waals surface area contributed by atoms with Crippen LogP contribution in [0.5, 0.6) is 0 Å². The van der Waals surface area contributed by atoms with Gasteiger partial charge >= 0.3 is 0 Å². The lowest BCUT2D eigenvalue weighted by atomic mass is 10.0. The van der Waals surface area contributed by atoms with Crippen LogP contribution in [-0.4, -0.2) is 22.4 Å². The van der Waals surface area contributed by atoms with E-state index in [9.17, 15) is 5.11 Å². The molecule has 0 heterocycles. The van der Waals surface area contributed by atoms with Gasteiger partial charge in [0.05, 0.1) is 12.2 Å². The molecule has 0 amide bonds. The SMILES string of the molecule is CCCCCCC(O)C[CH]C(C)O. The summed E-state index contributed by atoms with van der Waals surface area (Å²) in [7, 11) is 0. The molecule has 0 aromatic heterocycles. The molecule has 0 spiro atoms. The van der Waals surface area contributed by atoms with E-state index >= 15 is 0 Å². The molecule has 2 heteroatoms. The van der Waals surface area contributed by atoms with Crippen molar-refractivity contribution in [1.29, 1.82) is 0 Å². The number of aliphatic hydroxyl groups is 2. The molecule has 2 unspecified atom stereocenters. The number of aliphatic hydroxyl groups excluding tert-OH is 2. The topological polar surface area (TPSA) is 40.5 Å². The van der Waals surface area contributed by atoms with Crippen molar-refractivity contribution < 1.29 is 10.2 Å². The Morgan fingerprint density at radius 2 is 1.85 bits per heavy atom. The van der Waals surface area contributed by atoms with Gasteiger partial charge in [0.1, 0.15) is 0 Å². The smallest absolute Gasteiger partial charge is 0.0544 e. The third-order valence-electron chi connectivity index (χ3n) is 2.14. The Balaban J connectivity index is 3.15. The predicted octanol–water partition coefficient (Wildman–Crippen LogP) is 2.29. The van der Waals surface area contributed by atoms with E-state index in [4.69, 9.17) is 5.11 Å². The van der Waals surface area contributed by atoms with Crippen LogP contribution in [0.3, 0.4) is 0 Å². The van der Waals surface area contributed by atoms with Crippen molar-refractivity contribution in [1.82, 2.24) is 0 Å². The summed E-state index contributed by atoms with van der Waals surface area (Å²) >= 11 is 0. The molecule has 0 aliphatic carbocycles. The molecule has 0 aromatic rings. The van der Waals surface area contributed by atoms with Crippen LogP contribution in [0.2, 0.25) is 0 Å². The van der Waals surface area contributed by atoms with Crippen molar-refractivity contribution in [3.63, 3.8) is 0 Å². The highest BCUT2D eigenvalue weighted by molar-refractivity contribution is 4.75. The molecule has 1 radical (unpaired) electrons. The molecule has 79 valence electrons. The molecule has 0 aromatic carbocycles. The Hall–Kier alpha value is -0.0800. The van der Waals surface area contributed by atoms with E-state index in [0.717, 1.165) is 12.8 Å². The summed E-state index contributed by atoms with van der Waals surface area (Å²) in [5, 5.41) is 18.4. The van der Waals surface area contributed by atoms with Crippen molar-refractivity contribution in [2.24, 2.45) is 0 Å². The van der Waals surface area contributed by atoms with Gasteiger partial charge in [0, 0.05) is 0 Å². The van der Waals surface area contributed by atoms with Crippen LogP contribution in [0, 0.1) is 6.42 Å². The first-order valence-electron chi connectivity index (χ1n) is 5.36. The van der Waals surface area contributed by atoms with Gasteiger partial charge in [-0.2, -0.15) is 0 Å². The third kappa shape index (κ3) is 9.84. The number of rotatable bonds is 8. The Morgan fingerprint density at radius 1 is 1.15 bits per heavy atom. The predicted molar refractivity (Wildman–Crippen MR) is 55.4 cm³/mol. The van der Waals surface area contributed by atoms with Crippen molar-refractivity contribution in [3.05, 3.63) is 6.42 Å². The second-order valence-electron chi connectivity index (χ2n) is 3.72. The molecule has 13 heavy (non-hydrogen) atoms. The molecule has 2 nitrogen and oxygen atoms in total. The zero-order chi connectivity index (χ0) is 10.1. The van der Waals surface area contributed by atoms with Crippen LogP contribution in [0.15, 0.2) is 0 Å². The minimum Gasteiger partial charge on any atom is -0.393 e. The van der Waals surface area contributed by atoms with Gasteiger partial charge in [-0.25, -0.2) is 0 Å². The first kappa shape index (κ1) is 12.9. The first-order chi connectivity index (χ1) is 6.16. The fourth-order valence-electron chi connectivity index (χ4n) is 1.28. The van der Waals surface area contributed by atoms with Gasteiger partial charge in [0.15, 0.2) is 0 Å². The zero-order valence-electron chi connectivity index (χ0n) is 8.87. The van der Waals surface area contributed by atoms with Gasteiger partial charge < -0.3 is 10.2 Å². The van der Waals surface area contributed by atoms with Gasteiger partial charge in [0.25, 0.3) is 0 Å². The largest absolute Gasteiger partial charge is 0.393 e. The molecule has 0 bridgehead atoms. The van der Waals surface area contributed by atoms with E-state index in [1.54, 1.807) is 13.3 Å².